The van der Waals surface area contributed by atoms with E-state index in [1.165, 1.54) is 30.1 Å². The van der Waals surface area contributed by atoms with Crippen LogP contribution in [0.5, 0.6) is 0 Å². The molecule has 0 bridgehead atoms. The van der Waals surface area contributed by atoms with E-state index in [2.05, 4.69) is 20.8 Å². The van der Waals surface area contributed by atoms with E-state index in [0.29, 0.717) is 21.4 Å². The minimum absolute atomic E-state index is 0.289. The highest BCUT2D eigenvalue weighted by molar-refractivity contribution is 6.35. The van der Waals surface area contributed by atoms with Gasteiger partial charge < -0.3 is 10.1 Å². The van der Waals surface area contributed by atoms with Crippen LogP contribution in [0.2, 0.25) is 10.0 Å². The van der Waals surface area contributed by atoms with Crippen molar-refractivity contribution in [1.29, 1.82) is 0 Å². The molecule has 1 N–H and O–H groups in total. The van der Waals surface area contributed by atoms with Crippen molar-refractivity contribution in [2.45, 2.75) is 13.0 Å². The number of halogens is 2. The number of carbonyl (C=O) groups is 2. The summed E-state index contributed by atoms with van der Waals surface area (Å²) in [6.07, 6.45) is 0.413. The highest BCUT2D eigenvalue weighted by Crippen LogP contribution is 2.22. The van der Waals surface area contributed by atoms with Crippen molar-refractivity contribution in [2.75, 3.05) is 5.32 Å². The lowest BCUT2D eigenvalue weighted by Gasteiger charge is -2.14. The summed E-state index contributed by atoms with van der Waals surface area (Å²) in [6.45, 7) is 1.47. The first-order chi connectivity index (χ1) is 12.9. The number of aromatic nitrogens is 4. The van der Waals surface area contributed by atoms with Crippen molar-refractivity contribution >= 4 is 40.8 Å². The standard InChI is InChI=1S/C17H13Cl2N5O3/c1-10(16(25)21-14-7-12(18)6-13(19)8-14)27-17(26)11-2-4-15(5-3-11)24-9-20-22-23-24/h2-10H,1H3,(H,21,25)/t10-/m0/s1. The molecule has 0 radical (unpaired) electrons. The van der Waals surface area contributed by atoms with Crippen molar-refractivity contribution in [2.24, 2.45) is 0 Å². The number of nitrogens with zero attached hydrogens (tertiary/aromatic N) is 4. The van der Waals surface area contributed by atoms with Gasteiger partial charge in [0.25, 0.3) is 5.91 Å². The second-order valence-corrected chi connectivity index (χ2v) is 6.37. The van der Waals surface area contributed by atoms with E-state index in [1.54, 1.807) is 30.3 Å². The van der Waals surface area contributed by atoms with Crippen LogP contribution in [0.3, 0.4) is 0 Å². The zero-order valence-electron chi connectivity index (χ0n) is 14.0. The number of carbonyl (C=O) groups excluding carboxylic acids is 2. The number of benzene rings is 2. The molecule has 10 heteroatoms. The van der Waals surface area contributed by atoms with Crippen LogP contribution in [0, 0.1) is 0 Å². The maximum atomic E-state index is 12.2. The molecule has 1 amide bonds. The van der Waals surface area contributed by atoms with E-state index in [9.17, 15) is 9.59 Å². The van der Waals surface area contributed by atoms with Crippen LogP contribution in [0.1, 0.15) is 17.3 Å². The van der Waals surface area contributed by atoms with Gasteiger partial charge in [-0.25, -0.2) is 9.48 Å². The minimum atomic E-state index is -1.02. The molecule has 1 aromatic heterocycles. The van der Waals surface area contributed by atoms with Crippen molar-refractivity contribution in [3.05, 3.63) is 64.4 Å². The molecule has 8 nitrogen and oxygen atoms in total. The van der Waals surface area contributed by atoms with Crippen LogP contribution in [0.25, 0.3) is 5.69 Å². The number of tetrazole rings is 1. The van der Waals surface area contributed by atoms with E-state index in [-0.39, 0.29) is 5.56 Å². The van der Waals surface area contributed by atoms with Gasteiger partial charge in [-0.3, -0.25) is 4.79 Å². The zero-order chi connectivity index (χ0) is 19.4. The van der Waals surface area contributed by atoms with E-state index in [4.69, 9.17) is 27.9 Å². The zero-order valence-corrected chi connectivity index (χ0v) is 15.5. The van der Waals surface area contributed by atoms with Gasteiger partial charge in [-0.2, -0.15) is 0 Å². The monoisotopic (exact) mass is 405 g/mol. The summed E-state index contributed by atoms with van der Waals surface area (Å²) in [5.41, 5.74) is 1.38. The van der Waals surface area contributed by atoms with Crippen molar-refractivity contribution in [3.8, 4) is 5.69 Å². The van der Waals surface area contributed by atoms with Gasteiger partial charge in [-0.15, -0.1) is 5.10 Å². The highest BCUT2D eigenvalue weighted by Gasteiger charge is 2.19. The predicted molar refractivity (Wildman–Crippen MR) is 99.1 cm³/mol. The molecule has 3 aromatic rings. The van der Waals surface area contributed by atoms with E-state index in [1.807, 2.05) is 0 Å². The molecule has 27 heavy (non-hydrogen) atoms. The van der Waals surface area contributed by atoms with E-state index >= 15 is 0 Å². The Labute approximate surface area is 164 Å². The van der Waals surface area contributed by atoms with Gasteiger partial charge in [0.1, 0.15) is 6.33 Å². The molecular weight excluding hydrogens is 393 g/mol. The van der Waals surface area contributed by atoms with Crippen LogP contribution >= 0.6 is 23.2 Å². The van der Waals surface area contributed by atoms with Crippen LogP contribution in [-0.4, -0.2) is 38.2 Å². The topological polar surface area (TPSA) is 99.0 Å². The molecule has 0 saturated heterocycles. The fourth-order valence-corrected chi connectivity index (χ4v) is 2.71. The Morgan fingerprint density at radius 1 is 1.11 bits per heavy atom. The Morgan fingerprint density at radius 3 is 2.37 bits per heavy atom. The van der Waals surface area contributed by atoms with Crippen molar-refractivity contribution in [1.82, 2.24) is 20.2 Å². The average molecular weight is 406 g/mol. The highest BCUT2D eigenvalue weighted by atomic mass is 35.5. The van der Waals surface area contributed by atoms with Gasteiger partial charge in [0.15, 0.2) is 6.10 Å². The maximum absolute atomic E-state index is 12.2. The Balaban J connectivity index is 1.61. The second kappa shape index (κ2) is 8.15. The number of esters is 1. The first kappa shape index (κ1) is 18.8. The van der Waals surface area contributed by atoms with Crippen molar-refractivity contribution in [3.63, 3.8) is 0 Å². The van der Waals surface area contributed by atoms with Crippen LogP contribution in [0.15, 0.2) is 48.8 Å². The number of rotatable bonds is 5. The number of ether oxygens (including phenoxy) is 1. The molecule has 2 aromatic carbocycles. The molecule has 1 atom stereocenters. The quantitative estimate of drug-likeness (QED) is 0.654. The molecular formula is C17H13Cl2N5O3. The minimum Gasteiger partial charge on any atom is -0.449 e. The van der Waals surface area contributed by atoms with E-state index < -0.39 is 18.0 Å². The third kappa shape index (κ3) is 4.81. The molecule has 0 aliphatic heterocycles. The molecule has 0 unspecified atom stereocenters. The maximum Gasteiger partial charge on any atom is 0.338 e. The summed E-state index contributed by atoms with van der Waals surface area (Å²) in [4.78, 5) is 24.4. The van der Waals surface area contributed by atoms with Crippen molar-refractivity contribution < 1.29 is 14.3 Å². The fourth-order valence-electron chi connectivity index (χ4n) is 2.18. The Bertz CT molecular complexity index is 941. The number of hydrogen-bond donors (Lipinski definition) is 1. The summed E-state index contributed by atoms with van der Waals surface area (Å²) < 4.78 is 6.64. The normalized spacial score (nSPS) is 11.7. The lowest BCUT2D eigenvalue weighted by molar-refractivity contribution is -0.123. The first-order valence-electron chi connectivity index (χ1n) is 7.74. The van der Waals surface area contributed by atoms with Gasteiger partial charge >= 0.3 is 5.97 Å². The van der Waals surface area contributed by atoms with Gasteiger partial charge in [0, 0.05) is 15.7 Å². The third-order valence-electron chi connectivity index (χ3n) is 3.50. The van der Waals surface area contributed by atoms with Gasteiger partial charge in [0.05, 0.1) is 11.3 Å². The number of anilines is 1. The van der Waals surface area contributed by atoms with Crippen LogP contribution < -0.4 is 5.32 Å². The third-order valence-corrected chi connectivity index (χ3v) is 3.94. The molecule has 0 aliphatic carbocycles. The number of amides is 1. The average Bonchev–Trinajstić information content (AvgIpc) is 3.15. The van der Waals surface area contributed by atoms with Crippen LogP contribution in [0.4, 0.5) is 5.69 Å². The second-order valence-electron chi connectivity index (χ2n) is 5.50. The fraction of sp³-hybridized carbons (Fsp3) is 0.118. The first-order valence-corrected chi connectivity index (χ1v) is 8.49. The summed E-state index contributed by atoms with van der Waals surface area (Å²) >= 11 is 11.8. The Morgan fingerprint density at radius 2 is 1.78 bits per heavy atom. The molecule has 3 rings (SSSR count). The Hall–Kier alpha value is -2.97. The summed E-state index contributed by atoms with van der Waals surface area (Å²) in [5.74, 6) is -1.14. The summed E-state index contributed by atoms with van der Waals surface area (Å²) in [5, 5.41) is 14.2. The lowest BCUT2D eigenvalue weighted by atomic mass is 10.2. The smallest absolute Gasteiger partial charge is 0.338 e. The molecule has 0 saturated carbocycles. The van der Waals surface area contributed by atoms with Gasteiger partial charge in [-0.05, 0) is 59.8 Å². The molecule has 0 fully saturated rings. The van der Waals surface area contributed by atoms with Gasteiger partial charge in [0.2, 0.25) is 0 Å². The molecule has 1 heterocycles. The number of hydrogen-bond acceptors (Lipinski definition) is 6. The molecule has 0 spiro atoms. The summed E-state index contributed by atoms with van der Waals surface area (Å²) in [7, 11) is 0. The summed E-state index contributed by atoms with van der Waals surface area (Å²) in [6, 6.07) is 11.1. The number of nitrogens with one attached hydrogen (secondary N) is 1. The molecule has 0 aliphatic rings. The predicted octanol–water partition coefficient (Wildman–Crippen LogP) is 3.15. The van der Waals surface area contributed by atoms with Gasteiger partial charge in [-0.1, -0.05) is 23.2 Å². The molecule has 138 valence electrons. The van der Waals surface area contributed by atoms with E-state index in [0.717, 1.165) is 0 Å². The Kier molecular flexibility index (Phi) is 5.68. The lowest BCUT2D eigenvalue weighted by Crippen LogP contribution is -2.30. The van der Waals surface area contributed by atoms with Crippen LogP contribution in [-0.2, 0) is 9.53 Å². The largest absolute Gasteiger partial charge is 0.449 e. The SMILES string of the molecule is C[C@H](OC(=O)c1ccc(-n2cnnn2)cc1)C(=O)Nc1cc(Cl)cc(Cl)c1.